The Hall–Kier alpha value is -0.500. The molecule has 8 nitrogen and oxygen atoms in total. The molecule has 324 valence electrons. The second kappa shape index (κ2) is 38.0. The largest absolute Gasteiger partial charge is 0.756 e. The smallest absolute Gasteiger partial charge is 0.268 e. The summed E-state index contributed by atoms with van der Waals surface area (Å²) in [5.41, 5.74) is 0. The van der Waals surface area contributed by atoms with Gasteiger partial charge in [0.1, 0.15) is 13.2 Å². The topological polar surface area (TPSA) is 108 Å². The minimum atomic E-state index is -4.55. The van der Waals surface area contributed by atoms with Crippen LogP contribution in [-0.2, 0) is 18.4 Å². The number of carbonyl (C=O) groups is 1. The predicted molar refractivity (Wildman–Crippen MR) is 229 cm³/mol. The lowest BCUT2D eigenvalue weighted by atomic mass is 10.0. The number of amides is 1. The van der Waals surface area contributed by atoms with Gasteiger partial charge in [0.2, 0.25) is 5.91 Å². The van der Waals surface area contributed by atoms with E-state index >= 15 is 0 Å². The van der Waals surface area contributed by atoms with Crippen LogP contribution in [0.2, 0.25) is 0 Å². The summed E-state index contributed by atoms with van der Waals surface area (Å²) in [5.74, 6) is -0.162. The molecule has 0 aliphatic heterocycles. The minimum absolute atomic E-state index is 0.0158. The maximum atomic E-state index is 12.9. The Bertz CT molecular complexity index is 855. The zero-order valence-electron chi connectivity index (χ0n) is 36.7. The molecular weight excluding hydrogens is 695 g/mol. The van der Waals surface area contributed by atoms with E-state index in [2.05, 4.69) is 19.2 Å². The fraction of sp³-hybridized carbons (Fsp3) is 0.978. The van der Waals surface area contributed by atoms with Crippen LogP contribution >= 0.6 is 7.82 Å². The third-order valence-corrected chi connectivity index (χ3v) is 11.8. The summed E-state index contributed by atoms with van der Waals surface area (Å²) >= 11 is 0. The van der Waals surface area contributed by atoms with Gasteiger partial charge < -0.3 is 28.8 Å². The summed E-state index contributed by atoms with van der Waals surface area (Å²) in [7, 11) is 1.32. The minimum Gasteiger partial charge on any atom is -0.756 e. The fourth-order valence-corrected chi connectivity index (χ4v) is 7.82. The van der Waals surface area contributed by atoms with Gasteiger partial charge in [-0.2, -0.15) is 0 Å². The van der Waals surface area contributed by atoms with Gasteiger partial charge in [0.25, 0.3) is 7.82 Å². The van der Waals surface area contributed by atoms with Crippen molar-refractivity contribution in [3.05, 3.63) is 0 Å². The summed E-state index contributed by atoms with van der Waals surface area (Å²) in [6, 6.07) is -0.792. The second-order valence-corrected chi connectivity index (χ2v) is 18.9. The molecule has 0 aromatic heterocycles. The van der Waals surface area contributed by atoms with E-state index in [1.807, 2.05) is 21.1 Å². The van der Waals surface area contributed by atoms with Crippen molar-refractivity contribution >= 4 is 13.7 Å². The number of carbonyl (C=O) groups excluding carboxylic acids is 1. The van der Waals surface area contributed by atoms with Crippen molar-refractivity contribution < 1.29 is 32.9 Å². The number of hydrogen-bond donors (Lipinski definition) is 2. The standard InChI is InChI=1S/C45H93N2O6P/c1-6-8-10-12-14-16-18-19-20-21-22-23-24-25-26-27-28-29-31-33-35-37-39-45(49)46-43(42-53-54(50,51)52-41-40-47(3,4)5)44(48)38-36-34-32-30-17-15-13-11-9-7-2/h43-44,48H,6-42H2,1-5H3,(H-,46,49,50,51)/t43-,44+/m0/s1. The molecule has 0 saturated carbocycles. The highest BCUT2D eigenvalue weighted by Crippen LogP contribution is 2.38. The lowest BCUT2D eigenvalue weighted by Crippen LogP contribution is -2.46. The van der Waals surface area contributed by atoms with E-state index in [-0.39, 0.29) is 19.1 Å². The monoisotopic (exact) mass is 789 g/mol. The number of nitrogens with zero attached hydrogens (tertiary/aromatic N) is 1. The molecule has 54 heavy (non-hydrogen) atoms. The van der Waals surface area contributed by atoms with Crippen molar-refractivity contribution in [3.63, 3.8) is 0 Å². The van der Waals surface area contributed by atoms with E-state index in [0.717, 1.165) is 38.5 Å². The maximum Gasteiger partial charge on any atom is 0.268 e. The molecular formula is C45H93N2O6P. The number of likely N-dealkylation sites (N-methyl/N-ethyl adjacent to an activating group) is 1. The van der Waals surface area contributed by atoms with Crippen LogP contribution in [0, 0.1) is 0 Å². The molecule has 0 aliphatic carbocycles. The van der Waals surface area contributed by atoms with Crippen LogP contribution in [0.15, 0.2) is 0 Å². The molecule has 0 bridgehead atoms. The predicted octanol–water partition coefficient (Wildman–Crippen LogP) is 12.3. The normalized spacial score (nSPS) is 14.3. The van der Waals surface area contributed by atoms with E-state index < -0.39 is 20.0 Å². The van der Waals surface area contributed by atoms with E-state index in [0.29, 0.717) is 23.9 Å². The van der Waals surface area contributed by atoms with E-state index in [1.165, 1.54) is 167 Å². The van der Waals surface area contributed by atoms with Gasteiger partial charge in [-0.05, 0) is 12.8 Å². The van der Waals surface area contributed by atoms with E-state index in [9.17, 15) is 19.4 Å². The Balaban J connectivity index is 4.14. The molecule has 0 rings (SSSR count). The number of phosphoric acid groups is 1. The average molecular weight is 789 g/mol. The lowest BCUT2D eigenvalue weighted by molar-refractivity contribution is -0.870. The molecule has 1 unspecified atom stereocenters. The van der Waals surface area contributed by atoms with Gasteiger partial charge in [-0.25, -0.2) is 0 Å². The number of nitrogens with one attached hydrogen (secondary N) is 1. The van der Waals surface area contributed by atoms with Gasteiger partial charge in [-0.15, -0.1) is 0 Å². The van der Waals surface area contributed by atoms with Gasteiger partial charge in [0.05, 0.1) is 39.9 Å². The van der Waals surface area contributed by atoms with Crippen molar-refractivity contribution in [1.82, 2.24) is 5.32 Å². The molecule has 1 amide bonds. The molecule has 0 spiro atoms. The Morgan fingerprint density at radius 2 is 0.907 bits per heavy atom. The summed E-state index contributed by atoms with van der Waals surface area (Å²) in [6.45, 7) is 4.73. The maximum absolute atomic E-state index is 12.9. The lowest BCUT2D eigenvalue weighted by Gasteiger charge is -2.30. The zero-order chi connectivity index (χ0) is 40.0. The molecule has 0 radical (unpaired) electrons. The first kappa shape index (κ1) is 53.5. The van der Waals surface area contributed by atoms with Gasteiger partial charge >= 0.3 is 0 Å². The second-order valence-electron chi connectivity index (χ2n) is 17.5. The molecule has 0 aliphatic rings. The summed E-state index contributed by atoms with van der Waals surface area (Å²) in [6.07, 6.45) is 41.2. The highest BCUT2D eigenvalue weighted by atomic mass is 31.2. The first-order valence-corrected chi connectivity index (χ1v) is 24.8. The highest BCUT2D eigenvalue weighted by molar-refractivity contribution is 7.45. The van der Waals surface area contributed by atoms with Gasteiger partial charge in [0.15, 0.2) is 0 Å². The molecule has 0 saturated heterocycles. The number of aliphatic hydroxyl groups excluding tert-OH is 1. The van der Waals surface area contributed by atoms with Gasteiger partial charge in [-0.3, -0.25) is 9.36 Å². The molecule has 9 heteroatoms. The Morgan fingerprint density at radius 1 is 0.574 bits per heavy atom. The molecule has 3 atom stereocenters. The quantitative estimate of drug-likeness (QED) is 0.0362. The Kier molecular flexibility index (Phi) is 37.7. The van der Waals surface area contributed by atoms with Crippen molar-refractivity contribution in [2.45, 2.75) is 244 Å². The van der Waals surface area contributed by atoms with Crippen LogP contribution in [0.3, 0.4) is 0 Å². The van der Waals surface area contributed by atoms with Crippen LogP contribution in [0.1, 0.15) is 232 Å². The third-order valence-electron chi connectivity index (χ3n) is 10.8. The van der Waals surface area contributed by atoms with Gasteiger partial charge in [-0.1, -0.05) is 213 Å². The number of hydrogen-bond acceptors (Lipinski definition) is 6. The van der Waals surface area contributed by atoms with Gasteiger partial charge in [0, 0.05) is 6.42 Å². The number of unbranched alkanes of at least 4 members (excludes halogenated alkanes) is 30. The summed E-state index contributed by atoms with van der Waals surface area (Å²) in [5, 5.41) is 13.9. The Morgan fingerprint density at radius 3 is 1.26 bits per heavy atom. The zero-order valence-corrected chi connectivity index (χ0v) is 37.6. The Labute approximate surface area is 336 Å². The first-order valence-electron chi connectivity index (χ1n) is 23.4. The summed E-state index contributed by atoms with van der Waals surface area (Å²) in [4.78, 5) is 25.3. The van der Waals surface area contributed by atoms with Crippen LogP contribution in [0.25, 0.3) is 0 Å². The van der Waals surface area contributed by atoms with Crippen LogP contribution in [-0.4, -0.2) is 68.5 Å². The SMILES string of the molecule is CCCCCCCCCCCCCCCCCCCCCCCCC(=O)N[C@@H](COP(=O)([O-])OCC[N+](C)(C)C)[C@H](O)CCCCCCCCCCCC. The van der Waals surface area contributed by atoms with Crippen molar-refractivity contribution in [2.75, 3.05) is 40.9 Å². The van der Waals surface area contributed by atoms with Crippen LogP contribution < -0.4 is 10.2 Å². The number of phosphoric ester groups is 1. The molecule has 0 aromatic rings. The molecule has 2 N–H and O–H groups in total. The molecule has 0 heterocycles. The fourth-order valence-electron chi connectivity index (χ4n) is 7.10. The first-order chi connectivity index (χ1) is 26.0. The summed E-state index contributed by atoms with van der Waals surface area (Å²) < 4.78 is 23.2. The van der Waals surface area contributed by atoms with E-state index in [4.69, 9.17) is 9.05 Å². The number of aliphatic hydroxyl groups is 1. The molecule has 0 aromatic carbocycles. The molecule has 0 fully saturated rings. The number of rotatable bonds is 43. The van der Waals surface area contributed by atoms with Crippen molar-refractivity contribution in [1.29, 1.82) is 0 Å². The van der Waals surface area contributed by atoms with Crippen molar-refractivity contribution in [3.8, 4) is 0 Å². The van der Waals surface area contributed by atoms with Crippen LogP contribution in [0.5, 0.6) is 0 Å². The van der Waals surface area contributed by atoms with E-state index in [1.54, 1.807) is 0 Å². The highest BCUT2D eigenvalue weighted by Gasteiger charge is 2.24. The van der Waals surface area contributed by atoms with Crippen molar-refractivity contribution in [2.24, 2.45) is 0 Å². The number of quaternary nitrogens is 1. The third kappa shape index (κ3) is 39.7. The van der Waals surface area contributed by atoms with Crippen LogP contribution in [0.4, 0.5) is 0 Å². The average Bonchev–Trinajstić information content (AvgIpc) is 3.12.